The van der Waals surface area contributed by atoms with Crippen LogP contribution >= 0.6 is 15.9 Å². The minimum Gasteiger partial charge on any atom is -0.618 e. The number of aromatic carboxylic acids is 1. The van der Waals surface area contributed by atoms with Gasteiger partial charge in [-0.1, -0.05) is 0 Å². The fourth-order valence-electron chi connectivity index (χ4n) is 4.72. The number of pyridine rings is 5. The molecule has 0 saturated heterocycles. The monoisotopic (exact) mass is 902 g/mol. The fraction of sp³-hybridized carbons (Fsp3) is 0.125. The van der Waals surface area contributed by atoms with Gasteiger partial charge in [0.15, 0.2) is 17.1 Å². The zero-order valence-corrected chi connectivity index (χ0v) is 36.4. The van der Waals surface area contributed by atoms with Crippen LogP contribution in [0.3, 0.4) is 0 Å². The van der Waals surface area contributed by atoms with Crippen LogP contribution in [0.4, 0.5) is 0 Å². The van der Waals surface area contributed by atoms with Crippen LogP contribution < -0.4 is 28.7 Å². The van der Waals surface area contributed by atoms with E-state index in [0.717, 1.165) is 32.0 Å². The number of rotatable bonds is 5. The Hall–Kier alpha value is -7.85. The number of carbonyl (C=O) groups is 1. The van der Waals surface area contributed by atoms with E-state index in [1.54, 1.807) is 93.8 Å². The van der Waals surface area contributed by atoms with Crippen LogP contribution in [-0.4, -0.2) is 85.9 Å². The molecule has 63 heavy (non-hydrogen) atoms. The summed E-state index contributed by atoms with van der Waals surface area (Å²) >= 11 is 3.28. The van der Waals surface area contributed by atoms with E-state index in [-0.39, 0.29) is 24.6 Å². The fourth-order valence-corrected chi connectivity index (χ4v) is 4.96. The standard InChI is InChI=1S/C9H7N5.C9H8N4O2.C8H8N4O.C8H8N4.C6H6BrN.Li/c1-7-2-3-9(8(6-10)13-7)14-11-4-5-12-14;1-6-2-3-7(8(12-6)9(14)15)13-10-4-5-11-13;1-7-2-3-8(6-11(7)13)12-9-4-5-10-12;1-7-2-3-8(6-9-7)12-10-4-5-11-12;1-5-2-3-6(7)4-8-5;/h2-5H,1H3;2-5H,1H3,(H,14,15);2-6H,1H3;2-6H,1H3;2-4H,1H3;/q;;;;;+1/p-1. The molecule has 0 atom stereocenters. The predicted octanol–water partition coefficient (Wildman–Crippen LogP) is 0.513. The van der Waals surface area contributed by atoms with Crippen LogP contribution in [0.15, 0.2) is 133 Å². The van der Waals surface area contributed by atoms with Crippen molar-refractivity contribution in [2.45, 2.75) is 34.6 Å². The van der Waals surface area contributed by atoms with E-state index in [2.05, 4.69) is 76.7 Å². The molecule has 0 spiro atoms. The van der Waals surface area contributed by atoms with Gasteiger partial charge in [-0.2, -0.15) is 55.6 Å². The molecule has 0 unspecified atom stereocenters. The normalized spacial score (nSPS) is 9.79. The zero-order chi connectivity index (χ0) is 44.4. The number of halogens is 1. The second-order valence-electron chi connectivity index (χ2n) is 12.4. The van der Waals surface area contributed by atoms with E-state index in [4.69, 9.17) is 5.26 Å². The van der Waals surface area contributed by atoms with Crippen molar-refractivity contribution in [1.29, 1.82) is 5.26 Å². The maximum atomic E-state index is 11.2. The van der Waals surface area contributed by atoms with Gasteiger partial charge >= 0.3 is 18.9 Å². The summed E-state index contributed by atoms with van der Waals surface area (Å²) in [6.07, 6.45) is 17.4. The van der Waals surface area contributed by atoms with Crippen LogP contribution in [0.1, 0.15) is 44.7 Å². The molecule has 0 N–H and O–H groups in total. The van der Waals surface area contributed by atoms with Crippen LogP contribution in [0.25, 0.3) is 22.7 Å². The smallest absolute Gasteiger partial charge is 0.618 e. The van der Waals surface area contributed by atoms with E-state index in [1.807, 2.05) is 57.2 Å². The van der Waals surface area contributed by atoms with Gasteiger partial charge in [-0.15, -0.1) is 14.4 Å². The minimum absolute atomic E-state index is 0. The summed E-state index contributed by atoms with van der Waals surface area (Å²) in [5.41, 5.74) is 6.70. The quantitative estimate of drug-likeness (QED) is 0.129. The molecule has 0 radical (unpaired) electrons. The molecule has 23 heteroatoms. The van der Waals surface area contributed by atoms with Gasteiger partial charge in [0.05, 0.1) is 61.7 Å². The molecule has 0 aliphatic carbocycles. The number of carboxylic acid groups (broad SMARTS) is 1. The van der Waals surface area contributed by atoms with Gasteiger partial charge in [0, 0.05) is 46.4 Å². The predicted molar refractivity (Wildman–Crippen MR) is 222 cm³/mol. The van der Waals surface area contributed by atoms with Crippen molar-refractivity contribution in [3.63, 3.8) is 0 Å². The van der Waals surface area contributed by atoms with E-state index in [9.17, 15) is 15.1 Å². The van der Waals surface area contributed by atoms with E-state index in [1.165, 1.54) is 37.8 Å². The van der Waals surface area contributed by atoms with Crippen LogP contribution in [0.2, 0.25) is 0 Å². The number of carbonyl (C=O) groups excluding carboxylic acids is 1. The number of hydrogen-bond donors (Lipinski definition) is 0. The third-order valence-corrected chi connectivity index (χ3v) is 8.23. The maximum Gasteiger partial charge on any atom is 1.00 e. The van der Waals surface area contributed by atoms with Gasteiger partial charge in [-0.25, -0.2) is 9.97 Å². The number of hydrogen-bond acceptors (Lipinski definition) is 16. The molecule has 0 amide bonds. The van der Waals surface area contributed by atoms with E-state index in [0.29, 0.717) is 34.1 Å². The second kappa shape index (κ2) is 23.8. The molecule has 0 saturated carbocycles. The Kier molecular flexibility index (Phi) is 18.1. The number of nitriles is 1. The Morgan fingerprint density at radius 1 is 0.587 bits per heavy atom. The number of aryl methyl sites for hydroxylation is 5. The molecule has 0 aliphatic rings. The Morgan fingerprint density at radius 3 is 1.49 bits per heavy atom. The van der Waals surface area contributed by atoms with Crippen molar-refractivity contribution in [2.75, 3.05) is 0 Å². The molecular weight excluding hydrogens is 867 g/mol. The second-order valence-corrected chi connectivity index (χ2v) is 13.4. The van der Waals surface area contributed by atoms with E-state index >= 15 is 0 Å². The summed E-state index contributed by atoms with van der Waals surface area (Å²) in [6.45, 7) is 9.19. The summed E-state index contributed by atoms with van der Waals surface area (Å²) in [5, 5.41) is 62.2. The van der Waals surface area contributed by atoms with Crippen molar-refractivity contribution < 1.29 is 33.5 Å². The third kappa shape index (κ3) is 14.4. The van der Waals surface area contributed by atoms with Crippen molar-refractivity contribution >= 4 is 21.9 Å². The van der Waals surface area contributed by atoms with Gasteiger partial charge in [-0.05, 0) is 98.2 Å². The average molecular weight is 904 g/mol. The van der Waals surface area contributed by atoms with Crippen molar-refractivity contribution in [1.82, 2.24) is 79.9 Å². The summed E-state index contributed by atoms with van der Waals surface area (Å²) < 4.78 is 1.82. The first kappa shape index (κ1) is 47.8. The molecule has 21 nitrogen and oxygen atoms in total. The zero-order valence-electron chi connectivity index (χ0n) is 34.8. The van der Waals surface area contributed by atoms with Crippen molar-refractivity contribution in [2.24, 2.45) is 0 Å². The summed E-state index contributed by atoms with van der Waals surface area (Å²) in [7, 11) is 0. The Morgan fingerprint density at radius 2 is 1.03 bits per heavy atom. The number of nitrogens with zero attached hydrogens (tertiary/aromatic N) is 18. The van der Waals surface area contributed by atoms with Gasteiger partial charge in [-0.3, -0.25) is 9.97 Å². The molecule has 0 bridgehead atoms. The van der Waals surface area contributed by atoms with E-state index < -0.39 is 5.97 Å². The molecule has 0 fully saturated rings. The maximum absolute atomic E-state index is 11.2. The summed E-state index contributed by atoms with van der Waals surface area (Å²) in [6, 6.07) is 20.2. The third-order valence-electron chi connectivity index (χ3n) is 7.76. The van der Waals surface area contributed by atoms with Gasteiger partial charge < -0.3 is 15.1 Å². The van der Waals surface area contributed by atoms with Gasteiger partial charge in [0.1, 0.15) is 28.8 Å². The summed E-state index contributed by atoms with van der Waals surface area (Å²) in [5.74, 6) is -1.34. The van der Waals surface area contributed by atoms with Crippen molar-refractivity contribution in [3.05, 3.63) is 178 Å². The Bertz CT molecular complexity index is 2780. The Balaban J connectivity index is 0.000000174. The van der Waals surface area contributed by atoms with Gasteiger partial charge in [0.25, 0.3) is 0 Å². The molecule has 0 aliphatic heterocycles. The van der Waals surface area contributed by atoms with Crippen molar-refractivity contribution in [3.8, 4) is 28.8 Å². The van der Waals surface area contributed by atoms with Crippen LogP contribution in [0, 0.1) is 51.2 Å². The van der Waals surface area contributed by atoms with Crippen LogP contribution in [-0.2, 0) is 0 Å². The molecule has 0 aromatic carbocycles. The first-order valence-electron chi connectivity index (χ1n) is 18.2. The average Bonchev–Trinajstić information content (AvgIpc) is 4.14. The molecular formula is C40H36BrLiN18O3. The van der Waals surface area contributed by atoms with Crippen LogP contribution in [0.5, 0.6) is 0 Å². The topological polar surface area (TPSA) is 265 Å². The van der Waals surface area contributed by atoms with Gasteiger partial charge in [0.2, 0.25) is 6.20 Å². The number of aromatic nitrogens is 17. The minimum atomic E-state index is -1.34. The Labute approximate surface area is 380 Å². The number of carboxylic acids is 1. The molecule has 9 aromatic heterocycles. The molecule has 9 aromatic rings. The largest absolute Gasteiger partial charge is 1.00 e. The molecule has 9 heterocycles. The SMILES string of the molecule is Cc1ccc(-n2nccn2)c(C#N)n1.Cc1ccc(-n2nccn2)c(C(=O)[O-])n1.Cc1ccc(-n2nccn2)c[n+]1[O-].Cc1ccc(-n2nccn2)cn1.Cc1ccc(Br)cn1.[Li+]. The first-order chi connectivity index (χ1) is 29.9. The molecule has 312 valence electrons. The first-order valence-corrected chi connectivity index (χ1v) is 18.9. The molecule has 9 rings (SSSR count). The summed E-state index contributed by atoms with van der Waals surface area (Å²) in [4.78, 5) is 32.4.